The minimum Gasteiger partial charge on any atom is -0.379 e. The Morgan fingerprint density at radius 2 is 2.24 bits per heavy atom. The number of nitrogens with one attached hydrogen (secondary N) is 1. The van der Waals surface area contributed by atoms with E-state index in [1.165, 1.54) is 0 Å². The third-order valence-corrected chi connectivity index (χ3v) is 5.47. The molecule has 5 heteroatoms. The number of rotatable bonds is 4. The zero-order valence-electron chi connectivity index (χ0n) is 12.0. The Morgan fingerprint density at radius 3 is 2.95 bits per heavy atom. The Labute approximate surface area is 129 Å². The van der Waals surface area contributed by atoms with Crippen molar-refractivity contribution in [3.8, 4) is 0 Å². The van der Waals surface area contributed by atoms with Gasteiger partial charge in [0.05, 0.1) is 6.10 Å². The van der Waals surface area contributed by atoms with Crippen LogP contribution in [0.3, 0.4) is 0 Å². The van der Waals surface area contributed by atoms with Crippen molar-refractivity contribution in [1.82, 2.24) is 5.32 Å². The molecule has 1 amide bonds. The zero-order chi connectivity index (χ0) is 14.7. The van der Waals surface area contributed by atoms with Gasteiger partial charge in [-0.05, 0) is 24.2 Å². The number of thioether (sulfide) groups is 1. The molecule has 4 nitrogen and oxygen atoms in total. The minimum absolute atomic E-state index is 0.0408. The van der Waals surface area contributed by atoms with Crippen molar-refractivity contribution in [3.63, 3.8) is 0 Å². The van der Waals surface area contributed by atoms with Crippen molar-refractivity contribution in [2.75, 3.05) is 24.7 Å². The lowest BCUT2D eigenvalue weighted by atomic mass is 9.94. The lowest BCUT2D eigenvalue weighted by Gasteiger charge is -2.23. The van der Waals surface area contributed by atoms with Gasteiger partial charge in [-0.3, -0.25) is 4.79 Å². The number of hydrogen-bond donors (Lipinski definition) is 2. The average Bonchev–Trinajstić information content (AvgIpc) is 3.15. The number of benzene rings is 1. The molecule has 2 fully saturated rings. The van der Waals surface area contributed by atoms with Crippen LogP contribution in [0.5, 0.6) is 0 Å². The summed E-state index contributed by atoms with van der Waals surface area (Å²) in [5.41, 5.74) is -0.0174. The summed E-state index contributed by atoms with van der Waals surface area (Å²) < 4.78 is 5.82. The molecule has 0 radical (unpaired) electrons. The Kier molecular flexibility index (Phi) is 4.52. The van der Waals surface area contributed by atoms with Gasteiger partial charge in [-0.15, -0.1) is 0 Å². The van der Waals surface area contributed by atoms with Crippen molar-refractivity contribution in [2.24, 2.45) is 5.92 Å². The highest BCUT2D eigenvalue weighted by Gasteiger charge is 2.40. The summed E-state index contributed by atoms with van der Waals surface area (Å²) in [6, 6.07) is 10.1. The molecule has 2 aliphatic rings. The SMILES string of the molecule is O=C(NC[C@H]1CCO[C@@H]1c1ccccc1)[C@@]1(O)CCSC1. The van der Waals surface area contributed by atoms with Gasteiger partial charge in [0.2, 0.25) is 0 Å². The van der Waals surface area contributed by atoms with Crippen molar-refractivity contribution in [3.05, 3.63) is 35.9 Å². The van der Waals surface area contributed by atoms with Gasteiger partial charge in [0.25, 0.3) is 5.91 Å². The highest BCUT2D eigenvalue weighted by Crippen LogP contribution is 2.34. The topological polar surface area (TPSA) is 58.6 Å². The largest absolute Gasteiger partial charge is 0.379 e. The van der Waals surface area contributed by atoms with Crippen LogP contribution >= 0.6 is 11.8 Å². The number of carbonyl (C=O) groups is 1. The van der Waals surface area contributed by atoms with Gasteiger partial charge in [0.1, 0.15) is 0 Å². The Bertz CT molecular complexity index is 488. The molecule has 0 spiro atoms. The van der Waals surface area contributed by atoms with Crippen molar-refractivity contribution < 1.29 is 14.6 Å². The van der Waals surface area contributed by atoms with Crippen molar-refractivity contribution in [2.45, 2.75) is 24.5 Å². The molecule has 0 saturated carbocycles. The maximum Gasteiger partial charge on any atom is 0.252 e. The van der Waals surface area contributed by atoms with Gasteiger partial charge in [0, 0.05) is 24.8 Å². The highest BCUT2D eigenvalue weighted by atomic mass is 32.2. The molecule has 0 aliphatic carbocycles. The fourth-order valence-electron chi connectivity index (χ4n) is 2.98. The summed E-state index contributed by atoms with van der Waals surface area (Å²) in [6.07, 6.45) is 1.53. The molecule has 1 aromatic carbocycles. The van der Waals surface area contributed by atoms with Gasteiger partial charge in [0.15, 0.2) is 5.60 Å². The second-order valence-electron chi connectivity index (χ2n) is 5.80. The van der Waals surface area contributed by atoms with Crippen molar-refractivity contribution in [1.29, 1.82) is 0 Å². The van der Waals surface area contributed by atoms with E-state index in [0.717, 1.165) is 24.3 Å². The number of ether oxygens (including phenoxy) is 1. The van der Waals surface area contributed by atoms with Crippen LogP contribution in [0.15, 0.2) is 30.3 Å². The quantitative estimate of drug-likeness (QED) is 0.890. The summed E-state index contributed by atoms with van der Waals surface area (Å²) in [4.78, 5) is 12.2. The molecule has 21 heavy (non-hydrogen) atoms. The fourth-order valence-corrected chi connectivity index (χ4v) is 4.22. The molecule has 114 valence electrons. The van der Waals surface area contributed by atoms with Crippen LogP contribution in [0.4, 0.5) is 0 Å². The third kappa shape index (κ3) is 3.25. The van der Waals surface area contributed by atoms with Crippen LogP contribution in [-0.2, 0) is 9.53 Å². The van der Waals surface area contributed by atoms with Crippen LogP contribution < -0.4 is 5.32 Å². The minimum atomic E-state index is -1.17. The van der Waals surface area contributed by atoms with E-state index in [1.807, 2.05) is 18.2 Å². The number of aliphatic hydroxyl groups is 1. The fraction of sp³-hybridized carbons (Fsp3) is 0.562. The van der Waals surface area contributed by atoms with E-state index in [9.17, 15) is 9.90 Å². The van der Waals surface area contributed by atoms with E-state index in [1.54, 1.807) is 11.8 Å². The van der Waals surface area contributed by atoms with Crippen LogP contribution in [0.25, 0.3) is 0 Å². The molecule has 2 heterocycles. The standard InChI is InChI=1S/C16H21NO3S/c18-15(16(19)7-9-21-11-16)17-10-13-6-8-20-14(13)12-4-2-1-3-5-12/h1-5,13-14,19H,6-11H2,(H,17,18)/t13-,14-,16-/m1/s1. The summed E-state index contributed by atoms with van der Waals surface area (Å²) in [5.74, 6) is 1.39. The number of carbonyl (C=O) groups excluding carboxylic acids is 1. The van der Waals surface area contributed by atoms with E-state index in [4.69, 9.17) is 4.74 Å². The summed E-state index contributed by atoms with van der Waals surface area (Å²) >= 11 is 1.63. The summed E-state index contributed by atoms with van der Waals surface area (Å²) in [5, 5.41) is 13.2. The predicted octanol–water partition coefficient (Wildman–Crippen LogP) is 1.75. The van der Waals surface area contributed by atoms with Crippen LogP contribution in [-0.4, -0.2) is 41.3 Å². The normalized spacial score (nSPS) is 32.2. The van der Waals surface area contributed by atoms with Crippen LogP contribution in [0.2, 0.25) is 0 Å². The van der Waals surface area contributed by atoms with Gasteiger partial charge >= 0.3 is 0 Å². The maximum atomic E-state index is 12.2. The highest BCUT2D eigenvalue weighted by molar-refractivity contribution is 7.99. The van der Waals surface area contributed by atoms with E-state index < -0.39 is 5.60 Å². The second-order valence-corrected chi connectivity index (χ2v) is 6.90. The number of amides is 1. The maximum absolute atomic E-state index is 12.2. The summed E-state index contributed by atoms with van der Waals surface area (Å²) in [7, 11) is 0. The van der Waals surface area contributed by atoms with E-state index in [0.29, 0.717) is 18.7 Å². The molecule has 2 aliphatic heterocycles. The Morgan fingerprint density at radius 1 is 1.43 bits per heavy atom. The van der Waals surface area contributed by atoms with E-state index >= 15 is 0 Å². The first-order valence-electron chi connectivity index (χ1n) is 7.44. The van der Waals surface area contributed by atoms with Gasteiger partial charge < -0.3 is 15.2 Å². The van der Waals surface area contributed by atoms with Crippen molar-refractivity contribution >= 4 is 17.7 Å². The Hall–Kier alpha value is -1.04. The van der Waals surface area contributed by atoms with Gasteiger partial charge in [-0.1, -0.05) is 30.3 Å². The molecule has 0 aromatic heterocycles. The van der Waals surface area contributed by atoms with E-state index in [2.05, 4.69) is 17.4 Å². The lowest BCUT2D eigenvalue weighted by molar-refractivity contribution is -0.137. The molecular weight excluding hydrogens is 286 g/mol. The molecule has 0 unspecified atom stereocenters. The first kappa shape index (κ1) is 14.9. The first-order chi connectivity index (χ1) is 10.2. The average molecular weight is 307 g/mol. The first-order valence-corrected chi connectivity index (χ1v) is 8.59. The molecule has 2 N–H and O–H groups in total. The number of hydrogen-bond acceptors (Lipinski definition) is 4. The smallest absolute Gasteiger partial charge is 0.252 e. The molecule has 1 aromatic rings. The monoisotopic (exact) mass is 307 g/mol. The molecular formula is C16H21NO3S. The van der Waals surface area contributed by atoms with Crippen LogP contribution in [0.1, 0.15) is 24.5 Å². The molecule has 0 bridgehead atoms. The van der Waals surface area contributed by atoms with E-state index in [-0.39, 0.29) is 17.9 Å². The second kappa shape index (κ2) is 6.38. The van der Waals surface area contributed by atoms with Gasteiger partial charge in [-0.2, -0.15) is 11.8 Å². The molecule has 3 atom stereocenters. The van der Waals surface area contributed by atoms with Crippen LogP contribution in [0, 0.1) is 5.92 Å². The summed E-state index contributed by atoms with van der Waals surface area (Å²) in [6.45, 7) is 1.28. The molecule has 3 rings (SSSR count). The molecule has 2 saturated heterocycles. The Balaban J connectivity index is 1.58. The third-order valence-electron chi connectivity index (χ3n) is 4.29. The zero-order valence-corrected chi connectivity index (χ0v) is 12.8. The predicted molar refractivity (Wildman–Crippen MR) is 83.1 cm³/mol. The lowest BCUT2D eigenvalue weighted by Crippen LogP contribution is -2.48. The van der Waals surface area contributed by atoms with Gasteiger partial charge in [-0.25, -0.2) is 0 Å².